The van der Waals surface area contributed by atoms with Crippen LogP contribution in [0.25, 0.3) is 0 Å². The van der Waals surface area contributed by atoms with E-state index in [0.29, 0.717) is 12.1 Å². The summed E-state index contributed by atoms with van der Waals surface area (Å²) in [5.74, 6) is 0.852. The third-order valence-corrected chi connectivity index (χ3v) is 3.06. The van der Waals surface area contributed by atoms with E-state index in [9.17, 15) is 0 Å². The van der Waals surface area contributed by atoms with Crippen molar-refractivity contribution in [3.63, 3.8) is 0 Å². The predicted octanol–water partition coefficient (Wildman–Crippen LogP) is 0.854. The minimum Gasteiger partial charge on any atom is -0.409 e. The molecular weight excluding hydrogens is 256 g/mol. The van der Waals surface area contributed by atoms with Crippen LogP contribution in [0.3, 0.4) is 0 Å². The van der Waals surface area contributed by atoms with Gasteiger partial charge >= 0.3 is 0 Å². The number of amidine groups is 1. The van der Waals surface area contributed by atoms with Crippen LogP contribution in [0.15, 0.2) is 29.7 Å². The van der Waals surface area contributed by atoms with E-state index in [0.717, 1.165) is 17.1 Å². The lowest BCUT2D eigenvalue weighted by atomic mass is 10.2. The van der Waals surface area contributed by atoms with Crippen molar-refractivity contribution in [2.45, 2.75) is 13.5 Å². The Kier molecular flexibility index (Phi) is 3.88. The number of hydrogen-bond donors (Lipinski definition) is 2. The predicted molar refractivity (Wildman–Crippen MR) is 76.8 cm³/mol. The van der Waals surface area contributed by atoms with Crippen molar-refractivity contribution in [3.8, 4) is 0 Å². The quantitative estimate of drug-likeness (QED) is 0.373. The van der Waals surface area contributed by atoms with Crippen LogP contribution in [0.1, 0.15) is 16.8 Å². The molecule has 7 heteroatoms. The van der Waals surface area contributed by atoms with Crippen molar-refractivity contribution in [1.29, 1.82) is 0 Å². The summed E-state index contributed by atoms with van der Waals surface area (Å²) in [6, 6.07) is 3.89. The second kappa shape index (κ2) is 5.60. The molecule has 0 aliphatic carbocycles. The first kappa shape index (κ1) is 13.9. The van der Waals surface area contributed by atoms with Gasteiger partial charge in [-0.15, -0.1) is 0 Å². The zero-order chi connectivity index (χ0) is 14.7. The Morgan fingerprint density at radius 1 is 1.55 bits per heavy atom. The topological polar surface area (TPSA) is 92.6 Å². The van der Waals surface area contributed by atoms with Gasteiger partial charge in [-0.2, -0.15) is 5.10 Å². The molecule has 0 saturated heterocycles. The normalized spacial score (nSPS) is 11.7. The second-order valence-corrected chi connectivity index (χ2v) is 4.61. The zero-order valence-corrected chi connectivity index (χ0v) is 11.8. The smallest absolute Gasteiger partial charge is 0.175 e. The summed E-state index contributed by atoms with van der Waals surface area (Å²) in [6.07, 6.45) is 3.54. The van der Waals surface area contributed by atoms with Crippen LogP contribution in [-0.4, -0.2) is 32.9 Å². The van der Waals surface area contributed by atoms with E-state index in [4.69, 9.17) is 10.9 Å². The maximum Gasteiger partial charge on any atom is 0.175 e. The lowest BCUT2D eigenvalue weighted by Gasteiger charge is -2.20. The molecule has 0 fully saturated rings. The minimum atomic E-state index is 0.0589. The molecule has 0 aliphatic heterocycles. The summed E-state index contributed by atoms with van der Waals surface area (Å²) in [7, 11) is 3.76. The number of oxime groups is 1. The fourth-order valence-electron chi connectivity index (χ4n) is 2.27. The summed E-state index contributed by atoms with van der Waals surface area (Å²) in [5, 5.41) is 16.3. The highest BCUT2D eigenvalue weighted by molar-refractivity contribution is 6.02. The van der Waals surface area contributed by atoms with Crippen LogP contribution in [0.4, 0.5) is 5.82 Å². The highest BCUT2D eigenvalue weighted by Crippen LogP contribution is 2.23. The van der Waals surface area contributed by atoms with Crippen LogP contribution in [0.5, 0.6) is 0 Å². The van der Waals surface area contributed by atoms with Crippen molar-refractivity contribution in [2.24, 2.45) is 17.9 Å². The van der Waals surface area contributed by atoms with Crippen molar-refractivity contribution in [3.05, 3.63) is 41.3 Å². The largest absolute Gasteiger partial charge is 0.409 e. The first-order chi connectivity index (χ1) is 9.54. The third kappa shape index (κ3) is 2.56. The molecule has 0 bridgehead atoms. The van der Waals surface area contributed by atoms with E-state index in [2.05, 4.69) is 15.2 Å². The van der Waals surface area contributed by atoms with Gasteiger partial charge in [0.2, 0.25) is 0 Å². The molecular formula is C13H18N6O. The van der Waals surface area contributed by atoms with Crippen LogP contribution < -0.4 is 10.6 Å². The first-order valence-electron chi connectivity index (χ1n) is 6.16. The van der Waals surface area contributed by atoms with Gasteiger partial charge in [0.25, 0.3) is 0 Å². The fourth-order valence-corrected chi connectivity index (χ4v) is 2.27. The summed E-state index contributed by atoms with van der Waals surface area (Å²) in [6.45, 7) is 2.48. The maximum atomic E-state index is 8.92. The molecule has 0 spiro atoms. The number of hydrogen-bond acceptors (Lipinski definition) is 5. The molecule has 0 aliphatic rings. The molecule has 7 nitrogen and oxygen atoms in total. The first-order valence-corrected chi connectivity index (χ1v) is 6.16. The van der Waals surface area contributed by atoms with Crippen molar-refractivity contribution in [2.75, 3.05) is 11.9 Å². The third-order valence-electron chi connectivity index (χ3n) is 3.06. The molecule has 3 N–H and O–H groups in total. The standard InChI is InChI=1S/C13H18N6O/c1-9-11(12(14)17-20)13(19(3)16-9)18(2)8-10-5-4-6-15-7-10/h4-7,20H,8H2,1-3H3,(H2,14,17). The fraction of sp³-hybridized carbons (Fsp3) is 0.308. The van der Waals surface area contributed by atoms with Crippen LogP contribution in [-0.2, 0) is 13.6 Å². The van der Waals surface area contributed by atoms with Gasteiger partial charge in [-0.1, -0.05) is 11.2 Å². The Morgan fingerprint density at radius 3 is 2.90 bits per heavy atom. The Labute approximate surface area is 117 Å². The zero-order valence-electron chi connectivity index (χ0n) is 11.8. The molecule has 2 heterocycles. The van der Waals surface area contributed by atoms with Crippen LogP contribution in [0.2, 0.25) is 0 Å². The van der Waals surface area contributed by atoms with E-state index < -0.39 is 0 Å². The van der Waals surface area contributed by atoms with E-state index >= 15 is 0 Å². The Balaban J connectivity index is 2.37. The lowest BCUT2D eigenvalue weighted by Crippen LogP contribution is -2.24. The summed E-state index contributed by atoms with van der Waals surface area (Å²) in [5.41, 5.74) is 8.18. The highest BCUT2D eigenvalue weighted by Gasteiger charge is 2.20. The number of rotatable bonds is 4. The van der Waals surface area contributed by atoms with Crippen LogP contribution >= 0.6 is 0 Å². The van der Waals surface area contributed by atoms with E-state index in [1.165, 1.54) is 0 Å². The number of aryl methyl sites for hydroxylation is 2. The maximum absolute atomic E-state index is 8.92. The van der Waals surface area contributed by atoms with Gasteiger partial charge in [0.05, 0.1) is 11.3 Å². The van der Waals surface area contributed by atoms with Crippen molar-refractivity contribution < 1.29 is 5.21 Å². The molecule has 20 heavy (non-hydrogen) atoms. The van der Waals surface area contributed by atoms with Gasteiger partial charge in [0, 0.05) is 33.0 Å². The van der Waals surface area contributed by atoms with Gasteiger partial charge in [0.15, 0.2) is 5.84 Å². The van der Waals surface area contributed by atoms with Gasteiger partial charge in [-0.25, -0.2) is 0 Å². The number of nitrogens with two attached hydrogens (primary N) is 1. The van der Waals surface area contributed by atoms with E-state index in [1.54, 1.807) is 10.9 Å². The highest BCUT2D eigenvalue weighted by atomic mass is 16.4. The average molecular weight is 274 g/mol. The van der Waals surface area contributed by atoms with Gasteiger partial charge in [-0.05, 0) is 18.6 Å². The van der Waals surface area contributed by atoms with Crippen molar-refractivity contribution in [1.82, 2.24) is 14.8 Å². The number of aromatic nitrogens is 3. The van der Waals surface area contributed by atoms with E-state index in [-0.39, 0.29) is 5.84 Å². The Hall–Kier alpha value is -2.57. The molecule has 2 rings (SSSR count). The number of nitrogens with zero attached hydrogens (tertiary/aromatic N) is 5. The summed E-state index contributed by atoms with van der Waals surface area (Å²) in [4.78, 5) is 6.09. The van der Waals surface area contributed by atoms with Gasteiger partial charge in [-0.3, -0.25) is 9.67 Å². The molecule has 0 atom stereocenters. The minimum absolute atomic E-state index is 0.0589. The Morgan fingerprint density at radius 2 is 2.30 bits per heavy atom. The van der Waals surface area contributed by atoms with Crippen LogP contribution in [0, 0.1) is 6.92 Å². The molecule has 2 aromatic heterocycles. The molecule has 0 unspecified atom stereocenters. The van der Waals surface area contributed by atoms with Gasteiger partial charge < -0.3 is 15.8 Å². The average Bonchev–Trinajstić information content (AvgIpc) is 2.73. The number of pyridine rings is 1. The SMILES string of the molecule is Cc1nn(C)c(N(C)Cc2cccnc2)c1C(N)=NO. The molecule has 0 amide bonds. The monoisotopic (exact) mass is 274 g/mol. The van der Waals surface area contributed by atoms with Crippen molar-refractivity contribution >= 4 is 11.7 Å². The Bertz CT molecular complexity index is 619. The molecule has 0 aromatic carbocycles. The molecule has 0 radical (unpaired) electrons. The second-order valence-electron chi connectivity index (χ2n) is 4.61. The molecule has 106 valence electrons. The lowest BCUT2D eigenvalue weighted by molar-refractivity contribution is 0.318. The summed E-state index contributed by atoms with van der Waals surface area (Å²) >= 11 is 0. The molecule has 0 saturated carbocycles. The number of anilines is 1. The molecule has 2 aromatic rings. The van der Waals surface area contributed by atoms with E-state index in [1.807, 2.05) is 44.2 Å². The summed E-state index contributed by atoms with van der Waals surface area (Å²) < 4.78 is 1.72. The van der Waals surface area contributed by atoms with Gasteiger partial charge in [0.1, 0.15) is 5.82 Å².